The Bertz CT molecular complexity index is 116. The molecule has 0 aliphatic carbocycles. The molecule has 0 amide bonds. The number of hydrogen-bond donors (Lipinski definition) is 0. The smallest absolute Gasteiger partial charge is 0.259 e. The lowest BCUT2D eigenvalue weighted by atomic mass is 10.2. The molecule has 0 fully saturated rings. The van der Waals surface area contributed by atoms with Crippen molar-refractivity contribution in [3.05, 3.63) is 11.6 Å². The lowest BCUT2D eigenvalue weighted by molar-refractivity contribution is 1.12. The van der Waals surface area contributed by atoms with Gasteiger partial charge in [-0.1, -0.05) is 19.9 Å². The van der Waals surface area contributed by atoms with E-state index in [1.165, 1.54) is 5.57 Å². The fourth-order valence-electron chi connectivity index (χ4n) is 0.646. The van der Waals surface area contributed by atoms with Crippen LogP contribution in [0.4, 0.5) is 0 Å². The molecule has 0 rings (SSSR count). The van der Waals surface area contributed by atoms with E-state index in [-0.39, 0.29) is 0 Å². The zero-order valence-electron chi connectivity index (χ0n) is 6.09. The van der Waals surface area contributed by atoms with Gasteiger partial charge in [-0.25, -0.2) is 0 Å². The van der Waals surface area contributed by atoms with Crippen molar-refractivity contribution in [2.24, 2.45) is 4.90 Å². The van der Waals surface area contributed by atoms with E-state index in [0.29, 0.717) is 0 Å². The van der Waals surface area contributed by atoms with Gasteiger partial charge < -0.3 is 4.90 Å². The van der Waals surface area contributed by atoms with Gasteiger partial charge >= 0.3 is 0 Å². The Hall–Kier alpha value is -0.525. The zero-order valence-corrected chi connectivity index (χ0v) is 6.09. The van der Waals surface area contributed by atoms with E-state index < -0.39 is 0 Å². The van der Waals surface area contributed by atoms with Crippen LogP contribution in [0.25, 0.3) is 0 Å². The molecular weight excluding hydrogens is 109 g/mol. The van der Waals surface area contributed by atoms with E-state index in [2.05, 4.69) is 24.8 Å². The Morgan fingerprint density at radius 2 is 2.22 bits per heavy atom. The van der Waals surface area contributed by atoms with Gasteiger partial charge in [-0.05, 0) is 18.4 Å². The fraction of sp³-hybridized carbons (Fsp3) is 0.571. The van der Waals surface area contributed by atoms with E-state index in [4.69, 9.17) is 7.98 Å². The van der Waals surface area contributed by atoms with Gasteiger partial charge in [0.2, 0.25) is 0 Å². The molecule has 0 bridgehead atoms. The van der Waals surface area contributed by atoms with E-state index in [0.717, 1.165) is 12.8 Å². The Balaban J connectivity index is 3.81. The molecular formula is C7H12BN. The standard InChI is InChI=1S/C7H12BN/c1-3-5-7(4-2)6-9-8/h5-6H,3-4H2,1-2H3/b7-5+,9-6?. The minimum absolute atomic E-state index is 1.01. The molecule has 9 heavy (non-hydrogen) atoms. The number of hydrogen-bond acceptors (Lipinski definition) is 1. The first-order valence-corrected chi connectivity index (χ1v) is 3.27. The van der Waals surface area contributed by atoms with Crippen molar-refractivity contribution in [3.8, 4) is 0 Å². The van der Waals surface area contributed by atoms with Gasteiger partial charge in [0.15, 0.2) is 0 Å². The van der Waals surface area contributed by atoms with Crippen molar-refractivity contribution in [1.29, 1.82) is 0 Å². The molecule has 0 aromatic heterocycles. The highest BCUT2D eigenvalue weighted by Crippen LogP contribution is 1.97. The summed E-state index contributed by atoms with van der Waals surface area (Å²) in [5.41, 5.74) is 1.21. The van der Waals surface area contributed by atoms with Gasteiger partial charge in [0.25, 0.3) is 7.98 Å². The van der Waals surface area contributed by atoms with Crippen LogP contribution >= 0.6 is 0 Å². The molecule has 0 aromatic carbocycles. The molecule has 0 saturated carbocycles. The van der Waals surface area contributed by atoms with E-state index >= 15 is 0 Å². The van der Waals surface area contributed by atoms with Crippen LogP contribution in [0.3, 0.4) is 0 Å². The summed E-state index contributed by atoms with van der Waals surface area (Å²) in [5, 5.41) is 0. The highest BCUT2D eigenvalue weighted by Gasteiger charge is 1.83. The Labute approximate surface area is 58.3 Å². The molecule has 0 atom stereocenters. The Kier molecular flexibility index (Phi) is 5.28. The molecule has 48 valence electrons. The van der Waals surface area contributed by atoms with Crippen molar-refractivity contribution < 1.29 is 0 Å². The van der Waals surface area contributed by atoms with Crippen LogP contribution in [0.5, 0.6) is 0 Å². The summed E-state index contributed by atoms with van der Waals surface area (Å²) in [6, 6.07) is 0. The SMILES string of the molecule is [B]N=C/C(=C/CC)CC. The van der Waals surface area contributed by atoms with Crippen LogP contribution in [0, 0.1) is 0 Å². The van der Waals surface area contributed by atoms with Gasteiger partial charge in [-0.2, -0.15) is 0 Å². The molecule has 0 aliphatic heterocycles. The molecule has 0 aromatic rings. The van der Waals surface area contributed by atoms with E-state index in [1.54, 1.807) is 6.21 Å². The summed E-state index contributed by atoms with van der Waals surface area (Å²) in [7, 11) is 4.96. The van der Waals surface area contributed by atoms with Gasteiger partial charge in [0, 0.05) is 6.21 Å². The summed E-state index contributed by atoms with van der Waals surface area (Å²) in [6.45, 7) is 4.18. The van der Waals surface area contributed by atoms with Crippen molar-refractivity contribution in [2.75, 3.05) is 0 Å². The van der Waals surface area contributed by atoms with Gasteiger partial charge in [-0.15, -0.1) is 0 Å². The lowest BCUT2D eigenvalue weighted by Crippen LogP contribution is -1.81. The molecule has 0 unspecified atom stereocenters. The van der Waals surface area contributed by atoms with Crippen LogP contribution in [0.2, 0.25) is 0 Å². The maximum absolute atomic E-state index is 4.96. The largest absolute Gasteiger partial charge is 0.363 e. The van der Waals surface area contributed by atoms with Crippen LogP contribution in [0.15, 0.2) is 16.6 Å². The molecule has 0 aliphatic rings. The zero-order chi connectivity index (χ0) is 7.11. The number of nitrogens with zero attached hydrogens (tertiary/aromatic N) is 1. The first-order valence-electron chi connectivity index (χ1n) is 3.27. The minimum Gasteiger partial charge on any atom is -0.363 e. The molecule has 0 saturated heterocycles. The van der Waals surface area contributed by atoms with Crippen LogP contribution in [-0.2, 0) is 0 Å². The molecule has 1 nitrogen and oxygen atoms in total. The predicted octanol–water partition coefficient (Wildman–Crippen LogP) is 1.89. The molecule has 2 heteroatoms. The Morgan fingerprint density at radius 3 is 2.56 bits per heavy atom. The third kappa shape index (κ3) is 4.01. The maximum atomic E-state index is 4.96. The summed E-state index contributed by atoms with van der Waals surface area (Å²) < 4.78 is 0. The fourth-order valence-corrected chi connectivity index (χ4v) is 0.646. The topological polar surface area (TPSA) is 12.4 Å². The van der Waals surface area contributed by atoms with Crippen molar-refractivity contribution in [1.82, 2.24) is 0 Å². The summed E-state index contributed by atoms with van der Waals surface area (Å²) >= 11 is 0. The second kappa shape index (κ2) is 5.61. The predicted molar refractivity (Wildman–Crippen MR) is 42.9 cm³/mol. The second-order valence-corrected chi connectivity index (χ2v) is 1.82. The summed E-state index contributed by atoms with van der Waals surface area (Å²) in [4.78, 5) is 3.43. The van der Waals surface area contributed by atoms with Gasteiger partial charge in [0.05, 0.1) is 0 Å². The molecule has 0 spiro atoms. The van der Waals surface area contributed by atoms with Gasteiger partial charge in [-0.3, -0.25) is 0 Å². The van der Waals surface area contributed by atoms with Gasteiger partial charge in [0.1, 0.15) is 0 Å². The number of allylic oxidation sites excluding steroid dienone is 2. The normalized spacial score (nSPS) is 12.9. The highest BCUT2D eigenvalue weighted by atomic mass is 14.5. The monoisotopic (exact) mass is 121 g/mol. The quantitative estimate of drug-likeness (QED) is 0.399. The molecule has 2 radical (unpaired) electrons. The van der Waals surface area contributed by atoms with Crippen molar-refractivity contribution in [2.45, 2.75) is 26.7 Å². The third-order valence-electron chi connectivity index (χ3n) is 1.11. The Morgan fingerprint density at radius 1 is 1.56 bits per heavy atom. The van der Waals surface area contributed by atoms with Crippen molar-refractivity contribution in [3.63, 3.8) is 0 Å². The third-order valence-corrected chi connectivity index (χ3v) is 1.11. The lowest BCUT2D eigenvalue weighted by Gasteiger charge is -1.92. The first kappa shape index (κ1) is 8.47. The maximum Gasteiger partial charge on any atom is 0.259 e. The second-order valence-electron chi connectivity index (χ2n) is 1.82. The van der Waals surface area contributed by atoms with E-state index in [9.17, 15) is 0 Å². The molecule has 0 N–H and O–H groups in total. The van der Waals surface area contributed by atoms with E-state index in [1.807, 2.05) is 0 Å². The highest BCUT2D eigenvalue weighted by molar-refractivity contribution is 6.10. The van der Waals surface area contributed by atoms with Crippen LogP contribution < -0.4 is 0 Å². The minimum atomic E-state index is 1.01. The average Bonchev–Trinajstić information content (AvgIpc) is 1.88. The average molecular weight is 121 g/mol. The summed E-state index contributed by atoms with van der Waals surface area (Å²) in [6.07, 6.45) is 5.88. The van der Waals surface area contributed by atoms with Crippen LogP contribution in [-0.4, -0.2) is 14.2 Å². The summed E-state index contributed by atoms with van der Waals surface area (Å²) in [5.74, 6) is 0. The molecule has 0 heterocycles. The number of rotatable bonds is 3. The first-order chi connectivity index (χ1) is 4.35. The van der Waals surface area contributed by atoms with Crippen LogP contribution in [0.1, 0.15) is 26.7 Å². The van der Waals surface area contributed by atoms with Crippen molar-refractivity contribution >= 4 is 14.2 Å².